The number of fused-ring (bicyclic) bond motifs is 2. The summed E-state index contributed by atoms with van der Waals surface area (Å²) in [7, 11) is 0. The first-order valence-corrected chi connectivity index (χ1v) is 14.3. The molecule has 36 heavy (non-hydrogen) atoms. The molecule has 3 heterocycles. The SMILES string of the molecule is CCCCn1cc2c3c(cccc31)C1C[C@@H](C(=O)NCCCCCc3c[nH]cn3)CN(CCC)[C@@H]1C2. The molecule has 1 fully saturated rings. The third kappa shape index (κ3) is 5.24. The summed E-state index contributed by atoms with van der Waals surface area (Å²) in [5, 5.41) is 4.76. The number of nitrogens with zero attached hydrogens (tertiary/aromatic N) is 3. The van der Waals surface area contributed by atoms with Gasteiger partial charge in [0.15, 0.2) is 0 Å². The number of imidazole rings is 1. The van der Waals surface area contributed by atoms with Crippen LogP contribution in [0.4, 0.5) is 0 Å². The summed E-state index contributed by atoms with van der Waals surface area (Å²) < 4.78 is 2.48. The van der Waals surface area contributed by atoms with Crippen LogP contribution in [-0.2, 0) is 24.2 Å². The standard InChI is InChI=1S/C30H43N5O/c1-3-5-15-35-19-22-17-28-26(25-11-9-12-27(35)29(22)25)16-23(20-34(28)14-4-2)30(36)32-13-8-6-7-10-24-18-31-21-33-24/h9,11-12,18-19,21,23,26,28H,3-8,10,13-17,20H2,1-2H3,(H,31,33)(H,32,36)/t23-,26?,28-/m1/s1. The first kappa shape index (κ1) is 25.1. The van der Waals surface area contributed by atoms with E-state index in [-0.39, 0.29) is 11.8 Å². The molecule has 194 valence electrons. The normalized spacial score (nSPS) is 21.6. The second-order valence-corrected chi connectivity index (χ2v) is 10.9. The van der Waals surface area contributed by atoms with Crippen LogP contribution in [0.2, 0.25) is 0 Å². The summed E-state index contributed by atoms with van der Waals surface area (Å²) in [4.78, 5) is 23.2. The van der Waals surface area contributed by atoms with E-state index in [1.807, 2.05) is 6.20 Å². The molecule has 3 aromatic rings. The van der Waals surface area contributed by atoms with Crippen molar-refractivity contribution >= 4 is 16.8 Å². The highest BCUT2D eigenvalue weighted by Gasteiger charge is 2.42. The van der Waals surface area contributed by atoms with Crippen LogP contribution in [0.15, 0.2) is 36.9 Å². The molecule has 1 saturated heterocycles. The Balaban J connectivity index is 1.25. The van der Waals surface area contributed by atoms with E-state index in [0.717, 1.165) is 76.8 Å². The van der Waals surface area contributed by atoms with Crippen LogP contribution in [0.1, 0.15) is 81.5 Å². The fourth-order valence-corrected chi connectivity index (χ4v) is 6.61. The van der Waals surface area contributed by atoms with Gasteiger partial charge in [-0.25, -0.2) is 4.98 Å². The Bertz CT molecular complexity index is 1130. The maximum absolute atomic E-state index is 13.3. The number of aryl methyl sites for hydroxylation is 2. The number of H-pyrrole nitrogens is 1. The number of piperidine rings is 1. The van der Waals surface area contributed by atoms with E-state index >= 15 is 0 Å². The molecule has 2 aromatic heterocycles. The van der Waals surface area contributed by atoms with Crippen molar-refractivity contribution in [1.29, 1.82) is 0 Å². The van der Waals surface area contributed by atoms with Gasteiger partial charge in [-0.3, -0.25) is 9.69 Å². The molecule has 3 atom stereocenters. The predicted molar refractivity (Wildman–Crippen MR) is 146 cm³/mol. The number of hydrogen-bond acceptors (Lipinski definition) is 3. The maximum atomic E-state index is 13.3. The first-order valence-electron chi connectivity index (χ1n) is 14.3. The summed E-state index contributed by atoms with van der Waals surface area (Å²) in [6.07, 6.45) is 16.0. The fraction of sp³-hybridized carbons (Fsp3) is 0.600. The van der Waals surface area contributed by atoms with E-state index in [9.17, 15) is 4.79 Å². The number of nitrogens with one attached hydrogen (secondary N) is 2. The first-order chi connectivity index (χ1) is 17.7. The Labute approximate surface area is 215 Å². The maximum Gasteiger partial charge on any atom is 0.224 e. The predicted octanol–water partition coefficient (Wildman–Crippen LogP) is 5.43. The topological polar surface area (TPSA) is 66.0 Å². The van der Waals surface area contributed by atoms with E-state index < -0.39 is 0 Å². The number of unbranched alkanes of at least 4 members (excludes halogenated alkanes) is 3. The Kier molecular flexibility index (Phi) is 8.10. The minimum Gasteiger partial charge on any atom is -0.356 e. The lowest BCUT2D eigenvalue weighted by atomic mass is 9.72. The fourth-order valence-electron chi connectivity index (χ4n) is 6.61. The van der Waals surface area contributed by atoms with Crippen molar-refractivity contribution in [2.45, 2.75) is 90.1 Å². The molecule has 1 unspecified atom stereocenters. The Hall–Kier alpha value is -2.60. The van der Waals surface area contributed by atoms with Crippen molar-refractivity contribution < 1.29 is 4.79 Å². The second kappa shape index (κ2) is 11.6. The molecule has 1 aliphatic carbocycles. The number of carbonyl (C=O) groups is 1. The minimum absolute atomic E-state index is 0.0702. The van der Waals surface area contributed by atoms with Crippen LogP contribution in [0, 0.1) is 5.92 Å². The van der Waals surface area contributed by atoms with E-state index in [2.05, 4.69) is 63.0 Å². The van der Waals surface area contributed by atoms with E-state index in [1.54, 1.807) is 6.33 Å². The molecule has 0 spiro atoms. The van der Waals surface area contributed by atoms with Gasteiger partial charge in [-0.2, -0.15) is 0 Å². The lowest BCUT2D eigenvalue weighted by Crippen LogP contribution is -2.53. The van der Waals surface area contributed by atoms with E-state index in [0.29, 0.717) is 12.0 Å². The van der Waals surface area contributed by atoms with Gasteiger partial charge in [0.1, 0.15) is 0 Å². The summed E-state index contributed by atoms with van der Waals surface area (Å²) in [6, 6.07) is 7.39. The summed E-state index contributed by atoms with van der Waals surface area (Å²) in [6.45, 7) is 8.36. The van der Waals surface area contributed by atoms with Crippen molar-refractivity contribution in [2.24, 2.45) is 5.92 Å². The summed E-state index contributed by atoms with van der Waals surface area (Å²) >= 11 is 0. The van der Waals surface area contributed by atoms with Crippen molar-refractivity contribution in [3.05, 3.63) is 53.7 Å². The van der Waals surface area contributed by atoms with Gasteiger partial charge in [0, 0.05) is 54.9 Å². The molecular formula is C30H43N5O. The Morgan fingerprint density at radius 2 is 2.06 bits per heavy atom. The quantitative estimate of drug-likeness (QED) is 0.333. The van der Waals surface area contributed by atoms with Gasteiger partial charge in [0.2, 0.25) is 5.91 Å². The monoisotopic (exact) mass is 489 g/mol. The molecule has 6 nitrogen and oxygen atoms in total. The molecule has 1 aromatic carbocycles. The van der Waals surface area contributed by atoms with Gasteiger partial charge in [-0.05, 0) is 68.7 Å². The average molecular weight is 490 g/mol. The molecule has 5 rings (SSSR count). The lowest BCUT2D eigenvalue weighted by Gasteiger charge is -2.46. The Morgan fingerprint density at radius 1 is 1.14 bits per heavy atom. The van der Waals surface area contributed by atoms with Crippen molar-refractivity contribution in [3.63, 3.8) is 0 Å². The van der Waals surface area contributed by atoms with Crippen LogP contribution < -0.4 is 5.32 Å². The summed E-state index contributed by atoms with van der Waals surface area (Å²) in [5.41, 5.74) is 5.50. The molecule has 1 aliphatic heterocycles. The van der Waals surface area contributed by atoms with Crippen molar-refractivity contribution in [1.82, 2.24) is 24.8 Å². The van der Waals surface area contributed by atoms with Crippen LogP contribution in [0.5, 0.6) is 0 Å². The largest absolute Gasteiger partial charge is 0.356 e. The van der Waals surface area contributed by atoms with Gasteiger partial charge >= 0.3 is 0 Å². The number of likely N-dealkylation sites (tertiary alicyclic amines) is 1. The zero-order valence-electron chi connectivity index (χ0n) is 22.1. The Morgan fingerprint density at radius 3 is 2.86 bits per heavy atom. The number of aromatic nitrogens is 3. The third-order valence-corrected chi connectivity index (χ3v) is 8.37. The minimum atomic E-state index is 0.0702. The summed E-state index contributed by atoms with van der Waals surface area (Å²) in [5.74, 6) is 0.759. The van der Waals surface area contributed by atoms with Crippen LogP contribution in [0.25, 0.3) is 10.9 Å². The third-order valence-electron chi connectivity index (χ3n) is 8.37. The molecule has 2 aliphatic rings. The smallest absolute Gasteiger partial charge is 0.224 e. The van der Waals surface area contributed by atoms with Gasteiger partial charge in [0.25, 0.3) is 0 Å². The highest BCUT2D eigenvalue weighted by Crippen LogP contribution is 2.45. The van der Waals surface area contributed by atoms with Crippen LogP contribution in [0.3, 0.4) is 0 Å². The van der Waals surface area contributed by atoms with Gasteiger partial charge < -0.3 is 14.9 Å². The van der Waals surface area contributed by atoms with Gasteiger partial charge in [-0.1, -0.05) is 38.8 Å². The number of aromatic amines is 1. The zero-order chi connectivity index (χ0) is 24.9. The van der Waals surface area contributed by atoms with Crippen LogP contribution >= 0.6 is 0 Å². The molecular weight excluding hydrogens is 446 g/mol. The van der Waals surface area contributed by atoms with Gasteiger partial charge in [-0.15, -0.1) is 0 Å². The highest BCUT2D eigenvalue weighted by atomic mass is 16.1. The number of carbonyl (C=O) groups excluding carboxylic acids is 1. The van der Waals surface area contributed by atoms with Crippen molar-refractivity contribution in [3.8, 4) is 0 Å². The zero-order valence-corrected chi connectivity index (χ0v) is 22.1. The molecule has 2 N–H and O–H groups in total. The average Bonchev–Trinajstić information content (AvgIpc) is 3.54. The van der Waals surface area contributed by atoms with Crippen molar-refractivity contribution in [2.75, 3.05) is 19.6 Å². The molecule has 6 heteroatoms. The number of benzene rings is 1. The molecule has 0 saturated carbocycles. The lowest BCUT2D eigenvalue weighted by molar-refractivity contribution is -0.127. The number of amides is 1. The highest BCUT2D eigenvalue weighted by molar-refractivity contribution is 5.89. The van der Waals surface area contributed by atoms with E-state index in [1.165, 1.54) is 34.9 Å². The number of rotatable bonds is 12. The molecule has 0 radical (unpaired) electrons. The van der Waals surface area contributed by atoms with Gasteiger partial charge in [0.05, 0.1) is 17.9 Å². The van der Waals surface area contributed by atoms with Crippen LogP contribution in [-0.4, -0.2) is 51.0 Å². The second-order valence-electron chi connectivity index (χ2n) is 10.9. The number of hydrogen-bond donors (Lipinski definition) is 2. The molecule has 1 amide bonds. The van der Waals surface area contributed by atoms with E-state index in [4.69, 9.17) is 0 Å². The molecule has 0 bridgehead atoms.